The van der Waals surface area contributed by atoms with Gasteiger partial charge >= 0.3 is 0 Å². The Morgan fingerprint density at radius 1 is 0.769 bits per heavy atom. The normalized spacial score (nSPS) is 11.7. The van der Waals surface area contributed by atoms with Crippen LogP contribution in [0.15, 0.2) is 91.0 Å². The van der Waals surface area contributed by atoms with Gasteiger partial charge < -0.3 is 4.98 Å². The first-order chi connectivity index (χ1) is 12.7. The van der Waals surface area contributed by atoms with Crippen LogP contribution >= 0.6 is 0 Å². The lowest BCUT2D eigenvalue weighted by molar-refractivity contribution is 0.104. The second kappa shape index (κ2) is 6.85. The summed E-state index contributed by atoms with van der Waals surface area (Å²) in [5, 5.41) is 1.13. The van der Waals surface area contributed by atoms with Crippen molar-refractivity contribution in [1.29, 1.82) is 0 Å². The number of aromatic nitrogens is 1. The van der Waals surface area contributed by atoms with E-state index >= 15 is 0 Å². The first-order valence-corrected chi connectivity index (χ1v) is 8.68. The van der Waals surface area contributed by atoms with Gasteiger partial charge in [-0.25, -0.2) is 0 Å². The van der Waals surface area contributed by atoms with E-state index in [1.54, 1.807) is 6.08 Å². The minimum Gasteiger partial charge on any atom is -0.358 e. The average Bonchev–Trinajstić information content (AvgIpc) is 3.03. The zero-order chi connectivity index (χ0) is 17.9. The molecule has 3 aromatic carbocycles. The Hall–Kier alpha value is -3.39. The van der Waals surface area contributed by atoms with Crippen molar-refractivity contribution in [2.75, 3.05) is 0 Å². The van der Waals surface area contributed by atoms with Gasteiger partial charge in [0.2, 0.25) is 0 Å². The molecule has 0 aliphatic rings. The molecule has 0 aliphatic heterocycles. The fourth-order valence-electron chi connectivity index (χ4n) is 3.36. The maximum absolute atomic E-state index is 12.9. The smallest absolute Gasteiger partial charge is 0.186 e. The van der Waals surface area contributed by atoms with Gasteiger partial charge in [-0.05, 0) is 30.2 Å². The van der Waals surface area contributed by atoms with Crippen molar-refractivity contribution in [3.05, 3.63) is 113 Å². The van der Waals surface area contributed by atoms with Crippen molar-refractivity contribution < 1.29 is 4.79 Å². The Morgan fingerprint density at radius 3 is 2.04 bits per heavy atom. The SMILES string of the molecule is Cc1[nH]c2ccccc2c1/C(=C\C(=O)c1ccccc1)c1ccccc1. The fourth-order valence-corrected chi connectivity index (χ4v) is 3.36. The van der Waals surface area contributed by atoms with Crippen molar-refractivity contribution in [3.63, 3.8) is 0 Å². The predicted octanol–water partition coefficient (Wildman–Crippen LogP) is 5.79. The number of aromatic amines is 1. The number of fused-ring (bicyclic) bond motifs is 1. The van der Waals surface area contributed by atoms with Crippen LogP contribution in [-0.4, -0.2) is 10.8 Å². The molecule has 1 N–H and O–H groups in total. The molecule has 4 aromatic rings. The quantitative estimate of drug-likeness (QED) is 0.371. The number of H-pyrrole nitrogens is 1. The number of aryl methyl sites for hydroxylation is 1. The molecule has 0 saturated heterocycles. The molecule has 0 aliphatic carbocycles. The predicted molar refractivity (Wildman–Crippen MR) is 107 cm³/mol. The van der Waals surface area contributed by atoms with Gasteiger partial charge in [0.1, 0.15) is 0 Å². The van der Waals surface area contributed by atoms with Crippen LogP contribution in [-0.2, 0) is 0 Å². The van der Waals surface area contributed by atoms with Crippen LogP contribution < -0.4 is 0 Å². The number of carbonyl (C=O) groups excluding carboxylic acids is 1. The minimum absolute atomic E-state index is 0.00846. The number of hydrogen-bond donors (Lipinski definition) is 1. The van der Waals surface area contributed by atoms with E-state index in [9.17, 15) is 4.79 Å². The molecule has 0 bridgehead atoms. The molecule has 0 atom stereocenters. The highest BCUT2D eigenvalue weighted by atomic mass is 16.1. The molecule has 0 amide bonds. The van der Waals surface area contributed by atoms with Crippen molar-refractivity contribution in [1.82, 2.24) is 4.98 Å². The Labute approximate surface area is 152 Å². The molecule has 0 unspecified atom stereocenters. The number of ketones is 1. The van der Waals surface area contributed by atoms with Crippen molar-refractivity contribution in [3.8, 4) is 0 Å². The Bertz CT molecular complexity index is 1090. The largest absolute Gasteiger partial charge is 0.358 e. The average molecular weight is 337 g/mol. The van der Waals surface area contributed by atoms with Gasteiger partial charge in [0.15, 0.2) is 5.78 Å². The number of carbonyl (C=O) groups is 1. The van der Waals surface area contributed by atoms with Crippen molar-refractivity contribution in [2.45, 2.75) is 6.92 Å². The Morgan fingerprint density at radius 2 is 1.35 bits per heavy atom. The molecule has 0 fully saturated rings. The topological polar surface area (TPSA) is 32.9 Å². The Kier molecular flexibility index (Phi) is 4.24. The number of benzene rings is 3. The third kappa shape index (κ3) is 2.98. The van der Waals surface area contributed by atoms with Gasteiger partial charge in [-0.15, -0.1) is 0 Å². The van der Waals surface area contributed by atoms with E-state index in [-0.39, 0.29) is 5.78 Å². The molecule has 0 spiro atoms. The molecular formula is C24H19NO. The second-order valence-corrected chi connectivity index (χ2v) is 6.32. The summed E-state index contributed by atoms with van der Waals surface area (Å²) < 4.78 is 0. The van der Waals surface area contributed by atoms with E-state index < -0.39 is 0 Å². The molecule has 1 aromatic heterocycles. The highest BCUT2D eigenvalue weighted by molar-refractivity contribution is 6.12. The number of para-hydroxylation sites is 1. The lowest BCUT2D eigenvalue weighted by atomic mass is 9.93. The van der Waals surface area contributed by atoms with Crippen LogP contribution in [0.5, 0.6) is 0 Å². The number of rotatable bonds is 4. The molecule has 2 nitrogen and oxygen atoms in total. The van der Waals surface area contributed by atoms with Crippen molar-refractivity contribution in [2.24, 2.45) is 0 Å². The van der Waals surface area contributed by atoms with Crippen LogP contribution in [0.25, 0.3) is 16.5 Å². The zero-order valence-electron chi connectivity index (χ0n) is 14.6. The molecule has 26 heavy (non-hydrogen) atoms. The molecular weight excluding hydrogens is 318 g/mol. The van der Waals surface area contributed by atoms with E-state index in [2.05, 4.69) is 24.0 Å². The molecule has 126 valence electrons. The fraction of sp³-hybridized carbons (Fsp3) is 0.0417. The maximum atomic E-state index is 12.9. The van der Waals surface area contributed by atoms with Crippen molar-refractivity contribution >= 4 is 22.3 Å². The molecule has 0 radical (unpaired) electrons. The highest BCUT2D eigenvalue weighted by Crippen LogP contribution is 2.33. The Balaban J connectivity index is 1.93. The van der Waals surface area contributed by atoms with Gasteiger partial charge in [0, 0.05) is 27.7 Å². The maximum Gasteiger partial charge on any atom is 0.186 e. The first kappa shape index (κ1) is 16.1. The second-order valence-electron chi connectivity index (χ2n) is 6.32. The van der Waals surface area contributed by atoms with E-state index in [0.717, 1.165) is 33.3 Å². The molecule has 0 saturated carbocycles. The van der Waals surface area contributed by atoms with E-state index in [0.29, 0.717) is 5.56 Å². The van der Waals surface area contributed by atoms with E-state index in [1.807, 2.05) is 72.8 Å². The monoisotopic (exact) mass is 337 g/mol. The van der Waals surface area contributed by atoms with Crippen LogP contribution in [0.4, 0.5) is 0 Å². The van der Waals surface area contributed by atoms with Gasteiger partial charge in [0.25, 0.3) is 0 Å². The summed E-state index contributed by atoms with van der Waals surface area (Å²) in [6.45, 7) is 2.05. The summed E-state index contributed by atoms with van der Waals surface area (Å²) in [7, 11) is 0. The van der Waals surface area contributed by atoms with E-state index in [4.69, 9.17) is 0 Å². The number of nitrogens with one attached hydrogen (secondary N) is 1. The molecule has 2 heteroatoms. The number of hydrogen-bond acceptors (Lipinski definition) is 1. The third-order valence-electron chi connectivity index (χ3n) is 4.58. The van der Waals surface area contributed by atoms with Crippen LogP contribution in [0, 0.1) is 6.92 Å². The van der Waals surface area contributed by atoms with Crippen LogP contribution in [0.1, 0.15) is 27.2 Å². The summed E-state index contributed by atoms with van der Waals surface area (Å²) in [4.78, 5) is 16.3. The van der Waals surface area contributed by atoms with Crippen LogP contribution in [0.3, 0.4) is 0 Å². The van der Waals surface area contributed by atoms with Gasteiger partial charge in [-0.3, -0.25) is 4.79 Å². The minimum atomic E-state index is 0.00846. The van der Waals surface area contributed by atoms with Gasteiger partial charge in [0.05, 0.1) is 0 Å². The molecule has 1 heterocycles. The zero-order valence-corrected chi connectivity index (χ0v) is 14.6. The summed E-state index contributed by atoms with van der Waals surface area (Å²) in [6.07, 6.45) is 1.76. The van der Waals surface area contributed by atoms with Crippen LogP contribution in [0.2, 0.25) is 0 Å². The highest BCUT2D eigenvalue weighted by Gasteiger charge is 2.16. The summed E-state index contributed by atoms with van der Waals surface area (Å²) >= 11 is 0. The summed E-state index contributed by atoms with van der Waals surface area (Å²) in [6, 6.07) is 27.7. The first-order valence-electron chi connectivity index (χ1n) is 8.68. The van der Waals surface area contributed by atoms with Gasteiger partial charge in [-0.1, -0.05) is 78.9 Å². The summed E-state index contributed by atoms with van der Waals surface area (Å²) in [5.74, 6) is 0.00846. The number of allylic oxidation sites excluding steroid dienone is 1. The standard InChI is InChI=1S/C24H19NO/c1-17-24(20-14-8-9-15-22(20)25-17)21(18-10-4-2-5-11-18)16-23(26)19-12-6-3-7-13-19/h2-16,25H,1H3/b21-16-. The molecule has 4 rings (SSSR count). The van der Waals surface area contributed by atoms with E-state index in [1.165, 1.54) is 0 Å². The lowest BCUT2D eigenvalue weighted by Crippen LogP contribution is -1.98. The third-order valence-corrected chi connectivity index (χ3v) is 4.58. The van der Waals surface area contributed by atoms with Gasteiger partial charge in [-0.2, -0.15) is 0 Å². The lowest BCUT2D eigenvalue weighted by Gasteiger charge is -2.09. The summed E-state index contributed by atoms with van der Waals surface area (Å²) in [5.41, 5.74) is 5.88.